The number of fused-ring (bicyclic) bond motifs is 3. The van der Waals surface area contributed by atoms with Crippen LogP contribution in [0.25, 0.3) is 11.1 Å². The molecule has 0 aliphatic heterocycles. The minimum Gasteiger partial charge on any atom is -0.496 e. The van der Waals surface area contributed by atoms with Gasteiger partial charge in [0.05, 0.1) is 44.9 Å². The van der Waals surface area contributed by atoms with Crippen molar-refractivity contribution in [2.45, 2.75) is 30.4 Å². The molecule has 0 saturated carbocycles. The Kier molecular flexibility index (Phi) is 9.23. The van der Waals surface area contributed by atoms with E-state index in [2.05, 4.69) is 10.2 Å². The number of hydrogen-bond acceptors (Lipinski definition) is 10. The first-order chi connectivity index (χ1) is 19.8. The lowest BCUT2D eigenvalue weighted by Gasteiger charge is -2.20. The first-order valence-electron chi connectivity index (χ1n) is 12.6. The van der Waals surface area contributed by atoms with Gasteiger partial charge >= 0.3 is 0 Å². The van der Waals surface area contributed by atoms with Gasteiger partial charge in [-0.3, -0.25) is 9.59 Å². The highest BCUT2D eigenvalue weighted by Gasteiger charge is 2.30. The molecule has 41 heavy (non-hydrogen) atoms. The molecular weight excluding hydrogens is 552 g/mol. The molecule has 0 bridgehead atoms. The number of benzene rings is 2. The van der Waals surface area contributed by atoms with E-state index in [1.165, 1.54) is 26.0 Å². The zero-order chi connectivity index (χ0) is 29.7. The minimum absolute atomic E-state index is 0.160. The average molecular weight is 583 g/mol. The first-order valence-corrected chi connectivity index (χ1v) is 13.8. The molecule has 0 radical (unpaired) electrons. The van der Waals surface area contributed by atoms with E-state index in [9.17, 15) is 19.7 Å². The zero-order valence-corrected chi connectivity index (χ0v) is 24.1. The molecule has 0 aromatic heterocycles. The van der Waals surface area contributed by atoms with Crippen LogP contribution >= 0.6 is 11.8 Å². The van der Waals surface area contributed by atoms with Crippen LogP contribution in [0.1, 0.15) is 39.5 Å². The van der Waals surface area contributed by atoms with Gasteiger partial charge in [-0.1, -0.05) is 18.2 Å². The quantitative estimate of drug-likeness (QED) is 0.205. The van der Waals surface area contributed by atoms with Crippen LogP contribution in [0.5, 0.6) is 23.0 Å². The van der Waals surface area contributed by atoms with Gasteiger partial charge in [0.25, 0.3) is 11.0 Å². The van der Waals surface area contributed by atoms with Crippen LogP contribution in [-0.2, 0) is 17.9 Å². The van der Waals surface area contributed by atoms with Gasteiger partial charge in [0, 0.05) is 11.1 Å². The summed E-state index contributed by atoms with van der Waals surface area (Å²) < 4.78 is 22.5. The SMILES string of the molecule is COc1cc2c(c(OC)c1OC)-c1ccc(SC)c(=O)cc1[C@@H](NC(=O)c1cccc(CO[N+](=O)[O-])c1OC)CC2. The topological polar surface area (TPSA) is 135 Å². The van der Waals surface area contributed by atoms with Crippen molar-refractivity contribution in [3.05, 3.63) is 85.1 Å². The third kappa shape index (κ3) is 5.87. The van der Waals surface area contributed by atoms with Gasteiger partial charge in [-0.25, -0.2) is 0 Å². The second-order valence-corrected chi connectivity index (χ2v) is 9.87. The number of para-hydroxylation sites is 1. The molecule has 216 valence electrons. The summed E-state index contributed by atoms with van der Waals surface area (Å²) in [7, 11) is 5.99. The summed E-state index contributed by atoms with van der Waals surface area (Å²) in [6.07, 6.45) is 2.80. The Morgan fingerprint density at radius 2 is 1.76 bits per heavy atom. The number of rotatable bonds is 10. The van der Waals surface area contributed by atoms with Gasteiger partial charge < -0.3 is 29.1 Å². The number of carbonyl (C=O) groups is 1. The van der Waals surface area contributed by atoms with Crippen LogP contribution < -0.4 is 29.7 Å². The standard InChI is InChI=1S/C29H30N2O9S/c1-36-23-13-16-9-11-21(30-29(33)19-8-6-7-17(26(19)37-2)15-40-31(34)35)20-14-22(32)24(41-5)12-10-18(20)25(16)28(39-4)27(23)38-3/h6-8,10,12-14,21H,9,11,15H2,1-5H3,(H,30,33)/t21-/m0/s1. The Bertz CT molecular complexity index is 1540. The predicted molar refractivity (Wildman–Crippen MR) is 153 cm³/mol. The summed E-state index contributed by atoms with van der Waals surface area (Å²) in [4.78, 5) is 42.7. The van der Waals surface area contributed by atoms with Crippen LogP contribution in [0.4, 0.5) is 0 Å². The lowest BCUT2D eigenvalue weighted by Crippen LogP contribution is -2.29. The van der Waals surface area contributed by atoms with Gasteiger partial charge in [0.15, 0.2) is 16.9 Å². The third-order valence-electron chi connectivity index (χ3n) is 6.90. The number of amides is 1. The smallest absolute Gasteiger partial charge is 0.294 e. The lowest BCUT2D eigenvalue weighted by molar-refractivity contribution is -0.763. The van der Waals surface area contributed by atoms with Gasteiger partial charge in [-0.15, -0.1) is 21.9 Å². The number of ether oxygens (including phenoxy) is 4. The Morgan fingerprint density at radius 3 is 2.39 bits per heavy atom. The maximum absolute atomic E-state index is 13.7. The Labute approximate surface area is 240 Å². The van der Waals surface area contributed by atoms with E-state index in [0.717, 1.165) is 11.1 Å². The number of thioether (sulfide) groups is 1. The van der Waals surface area contributed by atoms with Crippen molar-refractivity contribution in [3.8, 4) is 34.1 Å². The van der Waals surface area contributed by atoms with Crippen LogP contribution in [0.15, 0.2) is 52.2 Å². The molecule has 12 heteroatoms. The van der Waals surface area contributed by atoms with E-state index in [1.807, 2.05) is 18.4 Å². The lowest BCUT2D eigenvalue weighted by atomic mass is 9.95. The van der Waals surface area contributed by atoms with Crippen molar-refractivity contribution in [2.75, 3.05) is 34.7 Å². The highest BCUT2D eigenvalue weighted by Crippen LogP contribution is 2.50. The Balaban J connectivity index is 1.86. The minimum atomic E-state index is -0.909. The Morgan fingerprint density at radius 1 is 1.02 bits per heavy atom. The largest absolute Gasteiger partial charge is 0.496 e. The van der Waals surface area contributed by atoms with E-state index in [4.69, 9.17) is 18.9 Å². The molecule has 0 unspecified atom stereocenters. The maximum atomic E-state index is 13.7. The molecule has 0 saturated heterocycles. The molecule has 4 rings (SSSR count). The predicted octanol–water partition coefficient (Wildman–Crippen LogP) is 4.60. The fraction of sp³-hybridized carbons (Fsp3) is 0.310. The van der Waals surface area contributed by atoms with Gasteiger partial charge in [0.1, 0.15) is 12.4 Å². The van der Waals surface area contributed by atoms with E-state index in [0.29, 0.717) is 51.7 Å². The number of hydrogen-bond donors (Lipinski definition) is 1. The second kappa shape index (κ2) is 12.8. The van der Waals surface area contributed by atoms with Crippen molar-refractivity contribution in [3.63, 3.8) is 0 Å². The molecular formula is C29H30N2O9S. The van der Waals surface area contributed by atoms with Crippen molar-refractivity contribution >= 4 is 17.7 Å². The highest BCUT2D eigenvalue weighted by atomic mass is 32.2. The van der Waals surface area contributed by atoms with E-state index >= 15 is 0 Å². The first kappa shape index (κ1) is 29.5. The summed E-state index contributed by atoms with van der Waals surface area (Å²) in [5, 5.41) is 12.9. The molecule has 3 aromatic carbocycles. The molecule has 1 amide bonds. The van der Waals surface area contributed by atoms with Crippen molar-refractivity contribution in [2.24, 2.45) is 0 Å². The summed E-state index contributed by atoms with van der Waals surface area (Å²) in [5.41, 5.74) is 3.30. The number of nitrogens with zero attached hydrogens (tertiary/aromatic N) is 1. The van der Waals surface area contributed by atoms with Crippen LogP contribution in [0, 0.1) is 10.1 Å². The molecule has 3 aromatic rings. The average Bonchev–Trinajstić information content (AvgIpc) is 3.22. The number of nitrogens with one attached hydrogen (secondary N) is 1. The molecule has 0 fully saturated rings. The Hall–Kier alpha value is -4.45. The molecule has 1 N–H and O–H groups in total. The van der Waals surface area contributed by atoms with Crippen molar-refractivity contribution in [1.82, 2.24) is 5.32 Å². The third-order valence-corrected chi connectivity index (χ3v) is 7.67. The summed E-state index contributed by atoms with van der Waals surface area (Å²) in [5.74, 6) is 1.06. The molecule has 11 nitrogen and oxygen atoms in total. The van der Waals surface area contributed by atoms with Crippen molar-refractivity contribution < 1.29 is 33.7 Å². The molecule has 0 heterocycles. The summed E-state index contributed by atoms with van der Waals surface area (Å²) >= 11 is 1.33. The van der Waals surface area contributed by atoms with Crippen LogP contribution in [-0.4, -0.2) is 45.7 Å². The summed E-state index contributed by atoms with van der Waals surface area (Å²) in [6.45, 7) is -0.380. The monoisotopic (exact) mass is 582 g/mol. The molecule has 1 aliphatic carbocycles. The fourth-order valence-corrected chi connectivity index (χ4v) is 5.56. The van der Waals surface area contributed by atoms with Crippen LogP contribution in [0.3, 0.4) is 0 Å². The van der Waals surface area contributed by atoms with E-state index in [-0.39, 0.29) is 23.3 Å². The zero-order valence-electron chi connectivity index (χ0n) is 23.3. The summed E-state index contributed by atoms with van der Waals surface area (Å²) in [6, 6.07) is 11.2. The van der Waals surface area contributed by atoms with E-state index in [1.54, 1.807) is 44.6 Å². The van der Waals surface area contributed by atoms with Crippen LogP contribution in [0.2, 0.25) is 0 Å². The van der Waals surface area contributed by atoms with Gasteiger partial charge in [-0.05, 0) is 60.1 Å². The highest BCUT2D eigenvalue weighted by molar-refractivity contribution is 7.98. The normalized spacial score (nSPS) is 13.6. The van der Waals surface area contributed by atoms with E-state index < -0.39 is 17.0 Å². The number of methoxy groups -OCH3 is 4. The van der Waals surface area contributed by atoms with Crippen molar-refractivity contribution in [1.29, 1.82) is 0 Å². The fourth-order valence-electron chi connectivity index (χ4n) is 5.09. The molecule has 1 atom stereocenters. The van der Waals surface area contributed by atoms with Gasteiger partial charge in [-0.2, -0.15) is 0 Å². The maximum Gasteiger partial charge on any atom is 0.294 e. The van der Waals surface area contributed by atoms with Gasteiger partial charge in [0.2, 0.25) is 5.75 Å². The molecule has 0 spiro atoms. The second-order valence-electron chi connectivity index (χ2n) is 9.02. The molecule has 1 aliphatic rings. The number of carbonyl (C=O) groups excluding carboxylic acids is 1. The number of aryl methyl sites for hydroxylation is 1.